The number of anilines is 4. The molecule has 6 rings (SSSR count). The molecule has 2 fully saturated rings. The summed E-state index contributed by atoms with van der Waals surface area (Å²) in [6.07, 6.45) is 6.85. The van der Waals surface area contributed by atoms with Crippen LogP contribution in [0.3, 0.4) is 0 Å². The predicted molar refractivity (Wildman–Crippen MR) is 142 cm³/mol. The number of aryl methyl sites for hydroxylation is 2. The molecular formula is C26H28F2N8O2S. The van der Waals surface area contributed by atoms with Gasteiger partial charge in [0.05, 0.1) is 16.3 Å². The van der Waals surface area contributed by atoms with Crippen molar-refractivity contribution in [1.82, 2.24) is 29.9 Å². The van der Waals surface area contributed by atoms with Crippen LogP contribution in [0.15, 0.2) is 29.3 Å². The Balaban J connectivity index is 1.54. The number of benzene rings is 1. The Morgan fingerprint density at radius 1 is 1.08 bits per heavy atom. The van der Waals surface area contributed by atoms with E-state index in [2.05, 4.69) is 15.5 Å². The van der Waals surface area contributed by atoms with E-state index in [0.29, 0.717) is 23.2 Å². The fourth-order valence-corrected chi connectivity index (χ4v) is 5.43. The van der Waals surface area contributed by atoms with E-state index < -0.39 is 32.1 Å². The van der Waals surface area contributed by atoms with Crippen molar-refractivity contribution in [2.45, 2.75) is 49.3 Å². The Morgan fingerprint density at radius 2 is 1.74 bits per heavy atom. The van der Waals surface area contributed by atoms with Crippen LogP contribution in [0.25, 0.3) is 11.3 Å². The lowest BCUT2D eigenvalue weighted by molar-refractivity contribution is 0.569. The summed E-state index contributed by atoms with van der Waals surface area (Å²) in [6, 6.07) is 3.45. The van der Waals surface area contributed by atoms with Gasteiger partial charge in [0.15, 0.2) is 27.3 Å². The molecule has 3 aromatic heterocycles. The molecule has 0 atom stereocenters. The minimum atomic E-state index is -3.81. The molecule has 10 nitrogen and oxygen atoms in total. The zero-order valence-corrected chi connectivity index (χ0v) is 22.8. The lowest BCUT2D eigenvalue weighted by Crippen LogP contribution is -2.19. The highest BCUT2D eigenvalue weighted by molar-refractivity contribution is 7.90. The van der Waals surface area contributed by atoms with E-state index in [1.165, 1.54) is 11.9 Å². The Bertz CT molecular complexity index is 1680. The molecule has 2 N–H and O–H groups in total. The molecule has 2 aliphatic rings. The number of aromatic nitrogens is 6. The average molecular weight is 555 g/mol. The third kappa shape index (κ3) is 4.86. The second-order valence-electron chi connectivity index (χ2n) is 10.4. The van der Waals surface area contributed by atoms with E-state index >= 15 is 8.78 Å². The fourth-order valence-electron chi connectivity index (χ4n) is 4.79. The number of nitrogens with zero attached hydrogens (tertiary/aromatic N) is 6. The molecule has 0 unspecified atom stereocenters. The highest BCUT2D eigenvalue weighted by atomic mass is 32.2. The van der Waals surface area contributed by atoms with Gasteiger partial charge in [-0.2, -0.15) is 15.2 Å². The molecule has 204 valence electrons. The number of hydrogen-bond acceptors (Lipinski definition) is 8. The van der Waals surface area contributed by atoms with Gasteiger partial charge in [-0.15, -0.1) is 0 Å². The van der Waals surface area contributed by atoms with E-state index in [0.717, 1.165) is 66.6 Å². The Kier molecular flexibility index (Phi) is 5.93. The molecule has 0 spiro atoms. The third-order valence-electron chi connectivity index (χ3n) is 7.00. The van der Waals surface area contributed by atoms with E-state index in [1.807, 2.05) is 26.2 Å². The molecule has 1 aromatic carbocycles. The minimum absolute atomic E-state index is 0.0414. The van der Waals surface area contributed by atoms with Crippen molar-refractivity contribution in [3.8, 4) is 11.3 Å². The molecular weight excluding hydrogens is 526 g/mol. The van der Waals surface area contributed by atoms with Gasteiger partial charge in [0.1, 0.15) is 11.5 Å². The number of halogens is 2. The molecule has 2 saturated carbocycles. The number of sulfone groups is 1. The minimum Gasteiger partial charge on any atom is -0.323 e. The van der Waals surface area contributed by atoms with Crippen molar-refractivity contribution in [3.63, 3.8) is 0 Å². The van der Waals surface area contributed by atoms with Crippen LogP contribution >= 0.6 is 0 Å². The molecule has 4 aromatic rings. The first kappa shape index (κ1) is 25.4. The van der Waals surface area contributed by atoms with Gasteiger partial charge in [-0.3, -0.25) is 9.78 Å². The summed E-state index contributed by atoms with van der Waals surface area (Å²) >= 11 is 0. The van der Waals surface area contributed by atoms with E-state index in [1.54, 1.807) is 4.68 Å². The quantitative estimate of drug-likeness (QED) is 0.317. The van der Waals surface area contributed by atoms with Crippen molar-refractivity contribution in [2.75, 3.05) is 23.5 Å². The van der Waals surface area contributed by atoms with E-state index in [4.69, 9.17) is 15.1 Å². The van der Waals surface area contributed by atoms with Gasteiger partial charge in [0.2, 0.25) is 5.95 Å². The summed E-state index contributed by atoms with van der Waals surface area (Å²) in [5.41, 5.74) is 3.79. The second kappa shape index (κ2) is 9.11. The lowest BCUT2D eigenvalue weighted by Gasteiger charge is -2.22. The molecule has 2 aliphatic carbocycles. The fraction of sp³-hybridized carbons (Fsp3) is 0.385. The molecule has 0 aliphatic heterocycles. The van der Waals surface area contributed by atoms with Gasteiger partial charge in [-0.1, -0.05) is 0 Å². The molecule has 0 bridgehead atoms. The predicted octanol–water partition coefficient (Wildman–Crippen LogP) is 4.86. The summed E-state index contributed by atoms with van der Waals surface area (Å²) in [6.45, 7) is 1.88. The standard InChI is InChI=1S/C26H28F2N8O2S/c1-13-9-20(33-32-13)29-25-21(14-5-6-14)23(17-12-35(2)34-22(17)15-7-8-15)30-26(31-25)36(3)24-18(27)10-16(11-19(24)28)39(4,37)38/h9-12,14-15H,5-8H2,1-4H3,(H2,29,30,31,32,33). The summed E-state index contributed by atoms with van der Waals surface area (Å²) in [4.78, 5) is 10.3. The maximum atomic E-state index is 15.2. The summed E-state index contributed by atoms with van der Waals surface area (Å²) in [5.74, 6) is -0.422. The van der Waals surface area contributed by atoms with Crippen molar-refractivity contribution in [2.24, 2.45) is 7.05 Å². The smallest absolute Gasteiger partial charge is 0.232 e. The van der Waals surface area contributed by atoms with Gasteiger partial charge in [-0.25, -0.2) is 22.2 Å². The van der Waals surface area contributed by atoms with Crippen LogP contribution in [0.4, 0.5) is 32.1 Å². The van der Waals surface area contributed by atoms with Crippen LogP contribution in [0.1, 0.15) is 54.5 Å². The normalized spacial score (nSPS) is 15.5. The zero-order chi connectivity index (χ0) is 27.6. The maximum Gasteiger partial charge on any atom is 0.232 e. The van der Waals surface area contributed by atoms with Crippen LogP contribution < -0.4 is 10.2 Å². The van der Waals surface area contributed by atoms with Crippen LogP contribution in [0, 0.1) is 18.6 Å². The lowest BCUT2D eigenvalue weighted by atomic mass is 10.0. The Morgan fingerprint density at radius 3 is 2.31 bits per heavy atom. The molecule has 13 heteroatoms. The monoisotopic (exact) mass is 554 g/mol. The van der Waals surface area contributed by atoms with Crippen molar-refractivity contribution < 1.29 is 17.2 Å². The van der Waals surface area contributed by atoms with Gasteiger partial charge >= 0.3 is 0 Å². The van der Waals surface area contributed by atoms with E-state index in [-0.39, 0.29) is 11.9 Å². The summed E-state index contributed by atoms with van der Waals surface area (Å²) in [7, 11) is -0.498. The van der Waals surface area contributed by atoms with Gasteiger partial charge < -0.3 is 10.2 Å². The number of rotatable bonds is 8. The molecule has 3 heterocycles. The second-order valence-corrected chi connectivity index (χ2v) is 12.4. The van der Waals surface area contributed by atoms with Crippen LogP contribution in [-0.4, -0.2) is 51.7 Å². The number of hydrogen-bond donors (Lipinski definition) is 2. The van der Waals surface area contributed by atoms with Gasteiger partial charge in [0.25, 0.3) is 0 Å². The van der Waals surface area contributed by atoms with Crippen molar-refractivity contribution >= 4 is 33.1 Å². The molecule has 39 heavy (non-hydrogen) atoms. The van der Waals surface area contributed by atoms with Crippen molar-refractivity contribution in [1.29, 1.82) is 0 Å². The van der Waals surface area contributed by atoms with E-state index in [9.17, 15) is 8.42 Å². The van der Waals surface area contributed by atoms with Crippen molar-refractivity contribution in [3.05, 3.63) is 53.0 Å². The van der Waals surface area contributed by atoms with Crippen LogP contribution in [-0.2, 0) is 16.9 Å². The first-order valence-electron chi connectivity index (χ1n) is 12.7. The van der Waals surface area contributed by atoms with Gasteiger partial charge in [0, 0.05) is 55.4 Å². The highest BCUT2D eigenvalue weighted by Crippen LogP contribution is 2.51. The molecule has 0 radical (unpaired) electrons. The molecule has 0 saturated heterocycles. The first-order valence-corrected chi connectivity index (χ1v) is 14.6. The molecule has 0 amide bonds. The third-order valence-corrected chi connectivity index (χ3v) is 8.09. The average Bonchev–Trinajstić information content (AvgIpc) is 3.79. The first-order chi connectivity index (χ1) is 18.5. The van der Waals surface area contributed by atoms with Crippen LogP contribution in [0.5, 0.6) is 0 Å². The maximum absolute atomic E-state index is 15.2. The number of nitrogens with one attached hydrogen (secondary N) is 2. The Hall–Kier alpha value is -3.87. The van der Waals surface area contributed by atoms with Gasteiger partial charge in [-0.05, 0) is 50.7 Å². The number of aromatic amines is 1. The largest absolute Gasteiger partial charge is 0.323 e. The topological polar surface area (TPSA) is 122 Å². The zero-order valence-electron chi connectivity index (χ0n) is 22.0. The SMILES string of the molecule is Cc1cc(Nc2nc(N(C)c3c(F)cc(S(C)(=O)=O)cc3F)nc(-c3cn(C)nc3C3CC3)c2C2CC2)n[nH]1. The number of H-pyrrole nitrogens is 1. The Labute approximate surface area is 224 Å². The summed E-state index contributed by atoms with van der Waals surface area (Å²) in [5, 5.41) is 15.2. The highest BCUT2D eigenvalue weighted by Gasteiger charge is 2.36. The summed E-state index contributed by atoms with van der Waals surface area (Å²) < 4.78 is 56.0. The van der Waals surface area contributed by atoms with Crippen LogP contribution in [0.2, 0.25) is 0 Å².